The second-order valence-corrected chi connectivity index (χ2v) is 23.6. The number of carbonyl (C=O) groups excluding carboxylic acids is 4. The van der Waals surface area contributed by atoms with Crippen molar-refractivity contribution in [3.8, 4) is 11.5 Å². The van der Waals surface area contributed by atoms with E-state index in [1.54, 1.807) is 255 Å². The smallest absolute Gasteiger partial charge is 0.872 e. The van der Waals surface area contributed by atoms with Crippen molar-refractivity contribution in [1.82, 2.24) is 9.97 Å². The van der Waals surface area contributed by atoms with Gasteiger partial charge in [-0.05, 0) is 93.7 Å². The molecule has 0 unspecified atom stereocenters. The first kappa shape index (κ1) is 87.8. The van der Waals surface area contributed by atoms with E-state index in [9.17, 15) is 70.0 Å². The van der Waals surface area contributed by atoms with Crippen molar-refractivity contribution < 1.29 is 134 Å². The number of pyridine rings is 2. The number of hydrogen-bond donors (Lipinski definition) is 0. The summed E-state index contributed by atoms with van der Waals surface area (Å²) in [5.74, 6) is -2.39. The molecule has 0 aliphatic rings. The minimum absolute atomic E-state index is 0. The largest absolute Gasteiger partial charge is 3.00 e. The third-order valence-corrected chi connectivity index (χ3v) is 15.7. The maximum absolute atomic E-state index is 11.8. The molecule has 14 aromatic rings. The molecule has 0 atom stereocenters. The number of para-hydroxylation sites is 2. The summed E-state index contributed by atoms with van der Waals surface area (Å²) in [7, 11) is 0. The minimum atomic E-state index is -0.464. The van der Waals surface area contributed by atoms with Gasteiger partial charge >= 0.3 is 74.6 Å². The number of allylic oxidation sites excluding steroid dienone is 4. The minimum Gasteiger partial charge on any atom is -0.872 e. The van der Waals surface area contributed by atoms with E-state index in [0.717, 1.165) is 35.1 Å². The van der Waals surface area contributed by atoms with Gasteiger partial charge in [-0.15, -0.1) is 0 Å². The summed E-state index contributed by atoms with van der Waals surface area (Å²) in [6.07, 6.45) is 7.56. The van der Waals surface area contributed by atoms with Crippen LogP contribution in [0.25, 0.3) is 44.8 Å². The molecule has 114 heavy (non-hydrogen) atoms. The second kappa shape index (κ2) is 46.3. The number of carbonyl (C=O) groups is 4. The number of nitro groups is 2. The normalized spacial score (nSPS) is 10.9. The van der Waals surface area contributed by atoms with E-state index in [2.05, 4.69) is 20.0 Å². The summed E-state index contributed by atoms with van der Waals surface area (Å²) in [6.45, 7) is 0. The van der Waals surface area contributed by atoms with Crippen molar-refractivity contribution in [2.75, 3.05) is 0 Å². The number of nitro benzene ring substituents is 2. The molecule has 0 saturated heterocycles. The molecule has 12 aromatic carbocycles. The van der Waals surface area contributed by atoms with E-state index in [0.29, 0.717) is 78.3 Å². The predicted octanol–water partition coefficient (Wildman–Crippen LogP) is 15.0. The van der Waals surface area contributed by atoms with E-state index in [-0.39, 0.29) is 144 Å². The van der Waals surface area contributed by atoms with Crippen molar-refractivity contribution in [3.05, 3.63) is 452 Å². The molecular weight excluding hydrogens is 1750 g/mol. The first-order chi connectivity index (χ1) is 54.3. The third kappa shape index (κ3) is 28.1. The molecule has 0 saturated carbocycles. The van der Waals surface area contributed by atoms with Gasteiger partial charge in [-0.25, -0.2) is 9.97 Å². The first-order valence-corrected chi connectivity index (χ1v) is 34.2. The van der Waals surface area contributed by atoms with E-state index in [4.69, 9.17) is 0 Å². The van der Waals surface area contributed by atoms with Crippen LogP contribution in [0.1, 0.15) is 75.1 Å². The fourth-order valence-electron chi connectivity index (χ4n) is 9.98. The number of hydrogen-bond acceptors (Lipinski definition) is 18. The molecule has 2 radical (unpaired) electrons. The molecule has 0 aliphatic carbocycles. The quantitative estimate of drug-likeness (QED) is 0.0192. The Morgan fingerprint density at radius 1 is 0.272 bits per heavy atom. The van der Waals surface area contributed by atoms with Gasteiger partial charge in [-0.3, -0.25) is 49.4 Å². The van der Waals surface area contributed by atoms with Gasteiger partial charge in [0, 0.05) is 46.5 Å². The fourth-order valence-corrected chi connectivity index (χ4v) is 9.98. The van der Waals surface area contributed by atoms with Gasteiger partial charge in [0.25, 0.3) is 11.4 Å². The monoisotopic (exact) mass is 1810 g/mol. The van der Waals surface area contributed by atoms with Crippen LogP contribution in [0.3, 0.4) is 0 Å². The third-order valence-electron chi connectivity index (χ3n) is 15.7. The molecule has 2 aromatic heterocycles. The predicted molar refractivity (Wildman–Crippen MR) is 424 cm³/mol. The number of aromatic nitrogens is 2. The Labute approximate surface area is 714 Å². The molecule has 2 heterocycles. The zero-order chi connectivity index (χ0) is 79.4. The maximum atomic E-state index is 11.8. The van der Waals surface area contributed by atoms with Crippen LogP contribution in [-0.2, 0) is 0 Å². The molecule has 0 amide bonds. The van der Waals surface area contributed by atoms with Gasteiger partial charge in [0.05, 0.1) is 56.1 Å². The Morgan fingerprint density at radius 3 is 0.711 bits per heavy atom. The zero-order valence-electron chi connectivity index (χ0n) is 59.9. The van der Waals surface area contributed by atoms with Crippen molar-refractivity contribution in [1.29, 1.82) is 0 Å². The second-order valence-electron chi connectivity index (χ2n) is 23.6. The van der Waals surface area contributed by atoms with E-state index < -0.39 is 9.85 Å². The van der Waals surface area contributed by atoms with Gasteiger partial charge in [-0.1, -0.05) is 326 Å². The van der Waals surface area contributed by atoms with Crippen LogP contribution in [-0.4, -0.2) is 55.4 Å². The van der Waals surface area contributed by atoms with Gasteiger partial charge in [0.1, 0.15) is 0 Å². The average molecular weight is 1810 g/mol. The maximum Gasteiger partial charge on any atom is 3.00 e. The number of fused-ring (bicyclic) bond motifs is 2. The van der Waals surface area contributed by atoms with Crippen LogP contribution in [0.4, 0.5) is 22.7 Å². The Morgan fingerprint density at radius 2 is 0.491 bits per heavy atom. The summed E-state index contributed by atoms with van der Waals surface area (Å²) in [5, 5.41) is 93.2. The number of aliphatic imine (C=N–C) groups is 2. The first-order valence-electron chi connectivity index (χ1n) is 34.2. The van der Waals surface area contributed by atoms with E-state index in [1.165, 1.54) is 48.8 Å². The molecule has 0 spiro atoms. The molecule has 0 fully saturated rings. The van der Waals surface area contributed by atoms with Crippen LogP contribution >= 0.6 is 0 Å². The summed E-state index contributed by atoms with van der Waals surface area (Å²) in [6, 6.07) is 98.9. The van der Waals surface area contributed by atoms with E-state index >= 15 is 0 Å². The van der Waals surface area contributed by atoms with Gasteiger partial charge in [0.15, 0.2) is 23.1 Å². The summed E-state index contributed by atoms with van der Waals surface area (Å²) >= 11 is 0. The average Bonchev–Trinajstić information content (AvgIpc) is 0.823. The number of nitrogens with zero attached hydrogens (tertiary/aromatic N) is 6. The van der Waals surface area contributed by atoms with Crippen LogP contribution in [0.5, 0.6) is 11.5 Å². The molecule has 0 N–H and O–H groups in total. The Hall–Kier alpha value is -13.5. The van der Waals surface area contributed by atoms with Crippen LogP contribution in [0.2, 0.25) is 0 Å². The van der Waals surface area contributed by atoms with Crippen LogP contribution in [0, 0.1) is 94.8 Å². The Kier molecular flexibility index (Phi) is 35.6. The fraction of sp³-hybridized carbons (Fsp3) is 0. The van der Waals surface area contributed by atoms with Crippen molar-refractivity contribution in [3.63, 3.8) is 0 Å². The molecule has 0 aliphatic heterocycles. The number of ketones is 4. The van der Waals surface area contributed by atoms with Crippen molar-refractivity contribution in [2.45, 2.75) is 0 Å². The topological polar surface area (TPSA) is 343 Å². The Balaban J connectivity index is 0.000000190. The molecule has 0 bridgehead atoms. The molecule has 20 nitrogen and oxygen atoms in total. The number of non-ortho nitro benzene ring substituents is 2. The molecular formula is C92H64Er2N6O14. The van der Waals surface area contributed by atoms with Gasteiger partial charge < -0.3 is 30.6 Å². The molecule has 22 heteroatoms. The van der Waals surface area contributed by atoms with Crippen LogP contribution < -0.4 is 30.6 Å². The molecule has 570 valence electrons. The zero-order valence-corrected chi connectivity index (χ0v) is 63.6. The van der Waals surface area contributed by atoms with Gasteiger partial charge in [-0.2, -0.15) is 0 Å². The molecule has 14 rings (SSSR count). The number of benzene rings is 12. The standard InChI is InChI=1S/2C16H11N3O3.4C15H12O2.2Er/c2*20-15-3-1-2-11-4-5-13(18-16(11)15)10-17-12-6-8-14(9-7-12)19(21)22;4*16-14(12-7-3-1-4-8-12)11-15(17)13-9-5-2-6-10-13;;/h2*1-10,20H;4*1-11,16H;;/q;;;;;;2*+3/p-6/b;;4*14-11-;;. The van der Waals surface area contributed by atoms with Gasteiger partial charge in [0.2, 0.25) is 0 Å². The summed E-state index contributed by atoms with van der Waals surface area (Å²) < 4.78 is 0. The van der Waals surface area contributed by atoms with E-state index in [1.807, 2.05) is 60.7 Å². The van der Waals surface area contributed by atoms with Crippen molar-refractivity contribution in [2.24, 2.45) is 9.98 Å². The summed E-state index contributed by atoms with van der Waals surface area (Å²) in [5.41, 5.74) is 7.27. The SMILES string of the molecule is O=C(/C=C(\[O-])c1ccccc1)c1ccccc1.O=C(/C=C(\[O-])c1ccccc1)c1ccccc1.O=C(/C=C(\[O-])c1ccccc1)c1ccccc1.O=C(/C=C(\[O-])c1ccccc1)c1ccccc1.O=[N+]([O-])c1ccc(N=Cc2ccc3cccc([O-])c3n2)cc1.O=[N+]([O-])c1ccc(N=Cc2ccc3cccc([O-])c3n2)cc1.[Er+3].[Er+3]. The Bertz CT molecular complexity index is 5140. The number of rotatable bonds is 18. The van der Waals surface area contributed by atoms with Crippen LogP contribution in [0.15, 0.2) is 386 Å². The van der Waals surface area contributed by atoms with Crippen molar-refractivity contribution >= 4 is 103 Å². The summed E-state index contributed by atoms with van der Waals surface area (Å²) in [4.78, 5) is 84.2.